The van der Waals surface area contributed by atoms with Crippen LogP contribution in [-0.4, -0.2) is 51.1 Å². The summed E-state index contributed by atoms with van der Waals surface area (Å²) in [6.45, 7) is 2.65. The maximum absolute atomic E-state index is 12.2. The highest BCUT2D eigenvalue weighted by Crippen LogP contribution is 2.37. The third-order valence-electron chi connectivity index (χ3n) is 6.15. The van der Waals surface area contributed by atoms with Crippen molar-refractivity contribution < 1.29 is 8.42 Å². The number of sulfonamides is 1. The third-order valence-corrected chi connectivity index (χ3v) is 8.84. The van der Waals surface area contributed by atoms with Gasteiger partial charge in [-0.25, -0.2) is 17.7 Å². The minimum absolute atomic E-state index is 0.109. The summed E-state index contributed by atoms with van der Waals surface area (Å²) in [4.78, 5) is 9.53. The number of halogens is 1. The average Bonchev–Trinajstić information content (AvgIpc) is 3.25. The summed E-state index contributed by atoms with van der Waals surface area (Å²) in [5.41, 5.74) is 10.6. The van der Waals surface area contributed by atoms with Gasteiger partial charge in [-0.05, 0) is 47.8 Å². The molecule has 10 heteroatoms. The zero-order valence-corrected chi connectivity index (χ0v) is 20.0. The number of pyridine rings is 1. The lowest BCUT2D eigenvalue weighted by molar-refractivity contribution is 0.317. The van der Waals surface area contributed by atoms with Gasteiger partial charge in [0.05, 0.1) is 27.6 Å². The summed E-state index contributed by atoms with van der Waals surface area (Å²) >= 11 is 3.61. The lowest BCUT2D eigenvalue weighted by Crippen LogP contribution is -2.39. The second-order valence-electron chi connectivity index (χ2n) is 7.98. The van der Waals surface area contributed by atoms with Gasteiger partial charge in [0.1, 0.15) is 5.82 Å². The van der Waals surface area contributed by atoms with E-state index in [1.165, 1.54) is 0 Å². The van der Waals surface area contributed by atoms with Gasteiger partial charge < -0.3 is 5.73 Å². The molecule has 1 aromatic carbocycles. The van der Waals surface area contributed by atoms with E-state index in [-0.39, 0.29) is 11.7 Å². The molecule has 32 heavy (non-hydrogen) atoms. The number of rotatable bonds is 4. The van der Waals surface area contributed by atoms with E-state index >= 15 is 0 Å². The summed E-state index contributed by atoms with van der Waals surface area (Å²) in [5.74, 6) is 0.711. The third kappa shape index (κ3) is 3.56. The summed E-state index contributed by atoms with van der Waals surface area (Å²) in [6, 6.07) is 10.0. The Kier molecular flexibility index (Phi) is 5.39. The zero-order valence-electron chi connectivity index (χ0n) is 17.6. The van der Waals surface area contributed by atoms with Crippen LogP contribution >= 0.6 is 15.9 Å². The fourth-order valence-corrected chi connectivity index (χ4v) is 6.01. The quantitative estimate of drug-likeness (QED) is 0.443. The largest absolute Gasteiger partial charge is 0.383 e. The number of aromatic nitrogens is 4. The van der Waals surface area contributed by atoms with Crippen molar-refractivity contribution in [3.05, 3.63) is 52.9 Å². The highest BCUT2D eigenvalue weighted by atomic mass is 79.9. The van der Waals surface area contributed by atoms with Gasteiger partial charge in [-0.2, -0.15) is 9.61 Å². The van der Waals surface area contributed by atoms with Crippen LogP contribution < -0.4 is 5.73 Å². The second kappa shape index (κ2) is 8.09. The van der Waals surface area contributed by atoms with Crippen molar-refractivity contribution in [1.29, 1.82) is 0 Å². The Hall–Kier alpha value is -2.56. The highest BCUT2D eigenvalue weighted by molar-refractivity contribution is 9.10. The fraction of sp³-hybridized carbons (Fsp3) is 0.318. The molecule has 4 aromatic rings. The summed E-state index contributed by atoms with van der Waals surface area (Å²) in [7, 11) is -3.18. The summed E-state index contributed by atoms with van der Waals surface area (Å²) < 4.78 is 28.4. The molecule has 1 saturated heterocycles. The minimum Gasteiger partial charge on any atom is -0.383 e. The average molecular weight is 515 g/mol. The van der Waals surface area contributed by atoms with E-state index in [9.17, 15) is 8.42 Å². The van der Waals surface area contributed by atoms with Crippen molar-refractivity contribution in [2.75, 3.05) is 24.6 Å². The van der Waals surface area contributed by atoms with Crippen LogP contribution in [0.5, 0.6) is 0 Å². The van der Waals surface area contributed by atoms with Gasteiger partial charge in [0, 0.05) is 41.7 Å². The number of hydrogen-bond acceptors (Lipinski definition) is 6. The van der Waals surface area contributed by atoms with E-state index in [2.05, 4.69) is 32.1 Å². The molecule has 0 atom stereocenters. The van der Waals surface area contributed by atoms with E-state index in [0.717, 1.165) is 27.7 Å². The van der Waals surface area contributed by atoms with Crippen LogP contribution in [0.2, 0.25) is 0 Å². The standard InChI is InChI=1S/C22H23BrN6O2S/c1-2-32(30,31)28-9-7-14(8-10-28)20-19(23)21(24)29-22(27-20)17(13-26-29)16-11-15-5-3-4-6-18(15)25-12-16/h3-6,11-14H,2,7-10,24H2,1H3. The number of hydrogen-bond donors (Lipinski definition) is 1. The van der Waals surface area contributed by atoms with Crippen LogP contribution in [0.4, 0.5) is 5.82 Å². The molecule has 5 rings (SSSR count). The van der Waals surface area contributed by atoms with Crippen LogP contribution in [0.3, 0.4) is 0 Å². The van der Waals surface area contributed by atoms with Crippen molar-refractivity contribution in [2.45, 2.75) is 25.7 Å². The maximum atomic E-state index is 12.2. The van der Waals surface area contributed by atoms with Gasteiger partial charge in [0.25, 0.3) is 0 Å². The first-order valence-electron chi connectivity index (χ1n) is 10.5. The molecule has 3 aromatic heterocycles. The molecule has 1 aliphatic heterocycles. The number of nitrogens with two attached hydrogens (primary N) is 1. The molecular weight excluding hydrogens is 492 g/mol. The van der Waals surface area contributed by atoms with Crippen molar-refractivity contribution in [3.8, 4) is 11.1 Å². The van der Waals surface area contributed by atoms with Crippen LogP contribution in [0, 0.1) is 0 Å². The SMILES string of the molecule is CCS(=O)(=O)N1CCC(c2nc3c(-c4cnc5ccccc5c4)cnn3c(N)c2Br)CC1. The Bertz CT molecular complexity index is 1430. The highest BCUT2D eigenvalue weighted by Gasteiger charge is 2.30. The van der Waals surface area contributed by atoms with Crippen LogP contribution in [0.15, 0.2) is 47.2 Å². The van der Waals surface area contributed by atoms with Crippen molar-refractivity contribution in [2.24, 2.45) is 0 Å². The van der Waals surface area contributed by atoms with Crippen LogP contribution in [-0.2, 0) is 10.0 Å². The van der Waals surface area contributed by atoms with Crippen LogP contribution in [0.25, 0.3) is 27.7 Å². The first-order chi connectivity index (χ1) is 15.4. The maximum Gasteiger partial charge on any atom is 0.213 e. The van der Waals surface area contributed by atoms with Crippen molar-refractivity contribution >= 4 is 48.3 Å². The number of benzene rings is 1. The minimum atomic E-state index is -3.18. The Morgan fingerprint density at radius 1 is 1.19 bits per heavy atom. The van der Waals surface area contributed by atoms with E-state index in [1.807, 2.05) is 30.5 Å². The molecule has 0 radical (unpaired) electrons. The Balaban J connectivity index is 1.54. The number of piperidine rings is 1. The zero-order chi connectivity index (χ0) is 22.5. The Labute approximate surface area is 194 Å². The lowest BCUT2D eigenvalue weighted by atomic mass is 9.94. The normalized spacial score (nSPS) is 16.2. The monoisotopic (exact) mass is 514 g/mol. The number of fused-ring (bicyclic) bond motifs is 2. The topological polar surface area (TPSA) is 106 Å². The smallest absolute Gasteiger partial charge is 0.213 e. The number of para-hydroxylation sites is 1. The van der Waals surface area contributed by atoms with Gasteiger partial charge in [-0.3, -0.25) is 4.98 Å². The Morgan fingerprint density at radius 3 is 2.69 bits per heavy atom. The van der Waals surface area contributed by atoms with Crippen LogP contribution in [0.1, 0.15) is 31.4 Å². The molecule has 0 unspecified atom stereocenters. The first-order valence-corrected chi connectivity index (χ1v) is 12.9. The molecule has 4 heterocycles. The van der Waals surface area contributed by atoms with E-state index in [0.29, 0.717) is 41.9 Å². The molecule has 2 N–H and O–H groups in total. The molecule has 0 amide bonds. The molecule has 0 spiro atoms. The summed E-state index contributed by atoms with van der Waals surface area (Å²) in [6.07, 6.45) is 4.98. The lowest BCUT2D eigenvalue weighted by Gasteiger charge is -2.31. The number of nitrogen functional groups attached to an aromatic ring is 1. The molecule has 1 fully saturated rings. The molecule has 0 saturated carbocycles. The van der Waals surface area contributed by atoms with E-state index in [1.54, 1.807) is 21.9 Å². The number of nitrogens with zero attached hydrogens (tertiary/aromatic N) is 5. The van der Waals surface area contributed by atoms with E-state index in [4.69, 9.17) is 10.7 Å². The number of anilines is 1. The second-order valence-corrected chi connectivity index (χ2v) is 11.0. The molecule has 0 bridgehead atoms. The molecule has 0 aliphatic carbocycles. The molecular formula is C22H23BrN6O2S. The predicted octanol–water partition coefficient (Wildman–Crippen LogP) is 3.82. The van der Waals surface area contributed by atoms with Gasteiger partial charge in [0.15, 0.2) is 5.65 Å². The fourth-order valence-electron chi connectivity index (χ4n) is 4.30. The Morgan fingerprint density at radius 2 is 1.94 bits per heavy atom. The van der Waals surface area contributed by atoms with E-state index < -0.39 is 10.0 Å². The van der Waals surface area contributed by atoms with Gasteiger partial charge in [-0.15, -0.1) is 0 Å². The van der Waals surface area contributed by atoms with Crippen molar-refractivity contribution in [3.63, 3.8) is 0 Å². The predicted molar refractivity (Wildman–Crippen MR) is 129 cm³/mol. The summed E-state index contributed by atoms with van der Waals surface area (Å²) in [5, 5.41) is 5.50. The molecule has 1 aliphatic rings. The molecule has 166 valence electrons. The van der Waals surface area contributed by atoms with Gasteiger partial charge in [-0.1, -0.05) is 18.2 Å². The van der Waals surface area contributed by atoms with Gasteiger partial charge in [0.2, 0.25) is 10.0 Å². The first kappa shape index (κ1) is 21.3. The van der Waals surface area contributed by atoms with Crippen molar-refractivity contribution in [1.82, 2.24) is 23.9 Å². The van der Waals surface area contributed by atoms with Gasteiger partial charge >= 0.3 is 0 Å². The molecule has 8 nitrogen and oxygen atoms in total.